The van der Waals surface area contributed by atoms with Gasteiger partial charge in [-0.05, 0) is 43.0 Å². The number of hydrogen-bond acceptors (Lipinski definition) is 5. The second-order valence-corrected chi connectivity index (χ2v) is 7.72. The van der Waals surface area contributed by atoms with E-state index in [9.17, 15) is 14.0 Å². The molecule has 1 N–H and O–H groups in total. The standard InChI is InChI=1S/C23H23FN6O2/c1-16(10-11-17-6-3-2-4-7-17)26-20(31)14-29-15-25-22-21(23(29)32)27-28-30(22)13-18-8-5-9-19(24)12-18/h2-9,12,15-16H,10-11,13-14H2,1H3,(H,26,31)/t16-/m1/s1. The molecule has 0 aliphatic carbocycles. The maximum atomic E-state index is 13.4. The normalized spacial score (nSPS) is 12.1. The van der Waals surface area contributed by atoms with Gasteiger partial charge >= 0.3 is 0 Å². The number of carbonyl (C=O) groups is 1. The van der Waals surface area contributed by atoms with Gasteiger partial charge in [-0.1, -0.05) is 47.7 Å². The number of nitrogens with one attached hydrogen (secondary N) is 1. The number of amides is 1. The third-order valence-electron chi connectivity index (χ3n) is 5.14. The van der Waals surface area contributed by atoms with Crippen molar-refractivity contribution in [2.24, 2.45) is 0 Å². The van der Waals surface area contributed by atoms with Crippen LogP contribution in [0.4, 0.5) is 4.39 Å². The Morgan fingerprint density at radius 1 is 1.12 bits per heavy atom. The lowest BCUT2D eigenvalue weighted by Crippen LogP contribution is -2.37. The molecule has 0 fully saturated rings. The molecule has 2 aromatic carbocycles. The van der Waals surface area contributed by atoms with Gasteiger partial charge < -0.3 is 5.32 Å². The second-order valence-electron chi connectivity index (χ2n) is 7.72. The first-order valence-corrected chi connectivity index (χ1v) is 10.4. The summed E-state index contributed by atoms with van der Waals surface area (Å²) in [5.74, 6) is -0.632. The van der Waals surface area contributed by atoms with Gasteiger partial charge in [0.2, 0.25) is 5.91 Å². The number of rotatable bonds is 8. The summed E-state index contributed by atoms with van der Waals surface area (Å²) in [6, 6.07) is 16.1. The van der Waals surface area contributed by atoms with Crippen LogP contribution in [-0.4, -0.2) is 36.5 Å². The van der Waals surface area contributed by atoms with Crippen molar-refractivity contribution in [3.05, 3.63) is 88.2 Å². The number of carbonyl (C=O) groups excluding carboxylic acids is 1. The Kier molecular flexibility index (Phi) is 6.34. The van der Waals surface area contributed by atoms with Crippen LogP contribution in [0.3, 0.4) is 0 Å². The summed E-state index contributed by atoms with van der Waals surface area (Å²) in [5, 5.41) is 10.8. The molecule has 9 heteroatoms. The van der Waals surface area contributed by atoms with E-state index in [2.05, 4.69) is 32.7 Å². The molecule has 4 rings (SSSR count). The van der Waals surface area contributed by atoms with Crippen LogP contribution in [0.2, 0.25) is 0 Å². The highest BCUT2D eigenvalue weighted by Crippen LogP contribution is 2.09. The molecule has 1 amide bonds. The van der Waals surface area contributed by atoms with Crippen LogP contribution in [0.15, 0.2) is 65.7 Å². The summed E-state index contributed by atoms with van der Waals surface area (Å²) in [6.07, 6.45) is 2.95. The molecule has 0 aliphatic heterocycles. The van der Waals surface area contributed by atoms with Gasteiger partial charge in [0.05, 0.1) is 6.54 Å². The van der Waals surface area contributed by atoms with Gasteiger partial charge in [0.1, 0.15) is 18.7 Å². The zero-order chi connectivity index (χ0) is 22.5. The highest BCUT2D eigenvalue weighted by molar-refractivity contribution is 5.76. The topological polar surface area (TPSA) is 94.7 Å². The van der Waals surface area contributed by atoms with Crippen molar-refractivity contribution in [1.82, 2.24) is 29.9 Å². The maximum Gasteiger partial charge on any atom is 0.283 e. The van der Waals surface area contributed by atoms with Crippen LogP contribution < -0.4 is 10.9 Å². The Morgan fingerprint density at radius 2 is 1.91 bits per heavy atom. The molecule has 32 heavy (non-hydrogen) atoms. The van der Waals surface area contributed by atoms with E-state index < -0.39 is 5.56 Å². The minimum absolute atomic E-state index is 0.0396. The fourth-order valence-electron chi connectivity index (χ4n) is 3.49. The Morgan fingerprint density at radius 3 is 2.69 bits per heavy atom. The van der Waals surface area contributed by atoms with Crippen LogP contribution in [0.1, 0.15) is 24.5 Å². The van der Waals surface area contributed by atoms with Crippen LogP contribution >= 0.6 is 0 Å². The molecule has 4 aromatic rings. The van der Waals surface area contributed by atoms with Gasteiger partial charge in [-0.3, -0.25) is 14.2 Å². The highest BCUT2D eigenvalue weighted by atomic mass is 19.1. The number of hydrogen-bond donors (Lipinski definition) is 1. The largest absolute Gasteiger partial charge is 0.352 e. The maximum absolute atomic E-state index is 13.4. The predicted molar refractivity (Wildman–Crippen MR) is 117 cm³/mol. The molecule has 0 saturated carbocycles. The quantitative estimate of drug-likeness (QED) is 0.459. The molecule has 2 heterocycles. The van der Waals surface area contributed by atoms with Gasteiger partial charge in [0.15, 0.2) is 11.2 Å². The van der Waals surface area contributed by atoms with Gasteiger partial charge in [-0.25, -0.2) is 14.1 Å². The van der Waals surface area contributed by atoms with Crippen LogP contribution in [0, 0.1) is 5.82 Å². The summed E-state index contributed by atoms with van der Waals surface area (Å²) in [5.41, 5.74) is 1.78. The molecule has 0 unspecified atom stereocenters. The zero-order valence-electron chi connectivity index (χ0n) is 17.6. The van der Waals surface area contributed by atoms with Gasteiger partial charge in [-0.2, -0.15) is 0 Å². The van der Waals surface area contributed by atoms with E-state index >= 15 is 0 Å². The van der Waals surface area contributed by atoms with E-state index in [1.54, 1.807) is 12.1 Å². The van der Waals surface area contributed by atoms with Crippen molar-refractivity contribution in [2.45, 2.75) is 38.9 Å². The molecular weight excluding hydrogens is 411 g/mol. The van der Waals surface area contributed by atoms with Crippen molar-refractivity contribution in [3.8, 4) is 0 Å². The Hall–Kier alpha value is -3.88. The smallest absolute Gasteiger partial charge is 0.283 e. The second kappa shape index (κ2) is 9.51. The summed E-state index contributed by atoms with van der Waals surface area (Å²) >= 11 is 0. The molecule has 0 bridgehead atoms. The van der Waals surface area contributed by atoms with E-state index in [-0.39, 0.29) is 42.0 Å². The summed E-state index contributed by atoms with van der Waals surface area (Å²) in [6.45, 7) is 2.00. The van der Waals surface area contributed by atoms with Crippen LogP contribution in [0.25, 0.3) is 11.2 Å². The molecule has 1 atom stereocenters. The number of benzene rings is 2. The molecule has 0 saturated heterocycles. The minimum Gasteiger partial charge on any atom is -0.352 e. The summed E-state index contributed by atoms with van der Waals surface area (Å²) in [7, 11) is 0. The molecular formula is C23H23FN6O2. The zero-order valence-corrected chi connectivity index (χ0v) is 17.6. The fraction of sp³-hybridized carbons (Fsp3) is 0.261. The van der Waals surface area contributed by atoms with Gasteiger partial charge in [0, 0.05) is 6.04 Å². The minimum atomic E-state index is -0.451. The van der Waals surface area contributed by atoms with Crippen molar-refractivity contribution in [1.29, 1.82) is 0 Å². The van der Waals surface area contributed by atoms with Crippen LogP contribution in [0.5, 0.6) is 0 Å². The first-order valence-electron chi connectivity index (χ1n) is 10.4. The van der Waals surface area contributed by atoms with Crippen molar-refractivity contribution < 1.29 is 9.18 Å². The SMILES string of the molecule is C[C@H](CCc1ccccc1)NC(=O)Cn1cnc2c(nnn2Cc2cccc(F)c2)c1=O. The van der Waals surface area contributed by atoms with E-state index in [1.165, 1.54) is 33.3 Å². The number of fused-ring (bicyclic) bond motifs is 1. The monoisotopic (exact) mass is 434 g/mol. The van der Waals surface area contributed by atoms with Crippen molar-refractivity contribution in [2.75, 3.05) is 0 Å². The Balaban J connectivity index is 1.40. The van der Waals surface area contributed by atoms with Gasteiger partial charge in [-0.15, -0.1) is 5.10 Å². The lowest BCUT2D eigenvalue weighted by atomic mass is 10.1. The summed E-state index contributed by atoms with van der Waals surface area (Å²) < 4.78 is 16.1. The molecule has 164 valence electrons. The molecule has 0 radical (unpaired) electrons. The molecule has 8 nitrogen and oxygen atoms in total. The van der Waals surface area contributed by atoms with Crippen molar-refractivity contribution >= 4 is 17.1 Å². The Bertz CT molecular complexity index is 1280. The fourth-order valence-corrected chi connectivity index (χ4v) is 3.49. The molecule has 2 aromatic heterocycles. The van der Waals surface area contributed by atoms with E-state index in [0.717, 1.165) is 12.8 Å². The average Bonchev–Trinajstić information content (AvgIpc) is 3.18. The number of halogens is 1. The first kappa shape index (κ1) is 21.4. The number of aryl methyl sites for hydroxylation is 1. The highest BCUT2D eigenvalue weighted by Gasteiger charge is 2.15. The van der Waals surface area contributed by atoms with Crippen molar-refractivity contribution in [3.63, 3.8) is 0 Å². The Labute approximate surface area is 183 Å². The molecule has 0 spiro atoms. The van der Waals surface area contributed by atoms with E-state index in [1.807, 2.05) is 25.1 Å². The van der Waals surface area contributed by atoms with E-state index in [4.69, 9.17) is 0 Å². The predicted octanol–water partition coefficient (Wildman–Crippen LogP) is 2.31. The lowest BCUT2D eigenvalue weighted by Gasteiger charge is -2.14. The third-order valence-corrected chi connectivity index (χ3v) is 5.14. The van der Waals surface area contributed by atoms with E-state index in [0.29, 0.717) is 5.56 Å². The van der Waals surface area contributed by atoms with Gasteiger partial charge in [0.25, 0.3) is 5.56 Å². The molecule has 0 aliphatic rings. The average molecular weight is 434 g/mol. The third kappa shape index (κ3) is 5.05. The number of nitrogens with zero attached hydrogens (tertiary/aromatic N) is 5. The lowest BCUT2D eigenvalue weighted by molar-refractivity contribution is -0.122. The van der Waals surface area contributed by atoms with Crippen LogP contribution in [-0.2, 0) is 24.3 Å². The summed E-state index contributed by atoms with van der Waals surface area (Å²) in [4.78, 5) is 29.4. The number of aromatic nitrogens is 5. The first-order chi connectivity index (χ1) is 15.5.